The number of fused-ring (bicyclic) bond motifs is 1. The summed E-state index contributed by atoms with van der Waals surface area (Å²) in [6, 6.07) is 18.0. The highest BCUT2D eigenvalue weighted by molar-refractivity contribution is 7.92. The molecule has 0 unspecified atom stereocenters. The van der Waals surface area contributed by atoms with Gasteiger partial charge in [0.25, 0.3) is 10.0 Å². The molecule has 9 heteroatoms. The molecule has 0 bridgehead atoms. The van der Waals surface area contributed by atoms with Crippen LogP contribution in [0.1, 0.15) is 6.92 Å². The lowest BCUT2D eigenvalue weighted by Crippen LogP contribution is -2.12. The number of sulfonamides is 1. The topological polar surface area (TPSA) is 99.8 Å². The number of ether oxygens (including phenoxy) is 2. The maximum absolute atomic E-state index is 12.7. The van der Waals surface area contributed by atoms with Gasteiger partial charge in [-0.05, 0) is 67.6 Å². The monoisotopic (exact) mass is 440 g/mol. The smallest absolute Gasteiger partial charge is 0.419 e. The largest absolute Gasteiger partial charge is 0.494 e. The van der Waals surface area contributed by atoms with E-state index in [2.05, 4.69) is 4.72 Å². The van der Waals surface area contributed by atoms with E-state index in [1.165, 1.54) is 22.8 Å². The summed E-state index contributed by atoms with van der Waals surface area (Å²) in [5, 5.41) is 0. The molecular weight excluding hydrogens is 420 g/mol. The Balaban J connectivity index is 1.48. The number of benzene rings is 3. The number of anilines is 1. The molecular formula is C22H20N2O6S. The first-order valence-corrected chi connectivity index (χ1v) is 11.0. The molecule has 0 amide bonds. The Morgan fingerprint density at radius 2 is 1.55 bits per heavy atom. The lowest BCUT2D eigenvalue weighted by atomic mass is 10.3. The van der Waals surface area contributed by atoms with Crippen molar-refractivity contribution in [3.05, 3.63) is 77.3 Å². The summed E-state index contributed by atoms with van der Waals surface area (Å²) in [7, 11) is -2.31. The molecule has 0 fully saturated rings. The zero-order chi connectivity index (χ0) is 22.0. The molecule has 1 heterocycles. The van der Waals surface area contributed by atoms with Crippen LogP contribution in [-0.2, 0) is 17.1 Å². The molecule has 8 nitrogen and oxygen atoms in total. The van der Waals surface area contributed by atoms with Gasteiger partial charge in [0.15, 0.2) is 5.58 Å². The Morgan fingerprint density at radius 3 is 2.19 bits per heavy atom. The van der Waals surface area contributed by atoms with E-state index < -0.39 is 15.8 Å². The van der Waals surface area contributed by atoms with E-state index in [1.807, 2.05) is 19.1 Å². The van der Waals surface area contributed by atoms with Gasteiger partial charge in [-0.3, -0.25) is 9.29 Å². The predicted octanol–water partition coefficient (Wildman–Crippen LogP) is 4.12. The zero-order valence-electron chi connectivity index (χ0n) is 16.9. The Hall–Kier alpha value is -3.72. The van der Waals surface area contributed by atoms with Crippen LogP contribution in [0, 0.1) is 0 Å². The molecule has 0 spiro atoms. The van der Waals surface area contributed by atoms with Gasteiger partial charge in [-0.2, -0.15) is 0 Å². The lowest BCUT2D eigenvalue weighted by molar-refractivity contribution is 0.339. The third-order valence-electron chi connectivity index (χ3n) is 4.55. The molecule has 1 aromatic heterocycles. The average molecular weight is 440 g/mol. The van der Waals surface area contributed by atoms with E-state index in [0.717, 1.165) is 5.75 Å². The van der Waals surface area contributed by atoms with Crippen LogP contribution in [0.4, 0.5) is 5.69 Å². The molecule has 0 aliphatic heterocycles. The summed E-state index contributed by atoms with van der Waals surface area (Å²) in [6.45, 7) is 2.50. The third-order valence-corrected chi connectivity index (χ3v) is 5.93. The van der Waals surface area contributed by atoms with Gasteiger partial charge in [0.1, 0.15) is 17.2 Å². The van der Waals surface area contributed by atoms with Crippen LogP contribution in [0.2, 0.25) is 0 Å². The van der Waals surface area contributed by atoms with E-state index in [4.69, 9.17) is 13.9 Å². The van der Waals surface area contributed by atoms with Crippen molar-refractivity contribution in [2.45, 2.75) is 11.8 Å². The summed E-state index contributed by atoms with van der Waals surface area (Å²) in [6.07, 6.45) is 0. The molecule has 3 aromatic carbocycles. The highest BCUT2D eigenvalue weighted by atomic mass is 32.2. The van der Waals surface area contributed by atoms with E-state index in [0.29, 0.717) is 29.3 Å². The molecule has 4 aromatic rings. The maximum atomic E-state index is 12.7. The maximum Gasteiger partial charge on any atom is 0.419 e. The number of aryl methyl sites for hydroxylation is 1. The molecule has 0 saturated heterocycles. The fraction of sp³-hybridized carbons (Fsp3) is 0.136. The fourth-order valence-corrected chi connectivity index (χ4v) is 4.07. The molecule has 31 heavy (non-hydrogen) atoms. The summed E-state index contributed by atoms with van der Waals surface area (Å²) < 4.78 is 45.5. The van der Waals surface area contributed by atoms with E-state index >= 15 is 0 Å². The Bertz CT molecular complexity index is 1370. The Labute approximate surface area is 178 Å². The molecule has 160 valence electrons. The first-order valence-electron chi connectivity index (χ1n) is 9.49. The SMILES string of the molecule is CCOc1ccc(Oc2ccc(NS(=O)(=O)c3ccc4c(c3)oc(=O)n4C)cc2)cc1. The van der Waals surface area contributed by atoms with Gasteiger partial charge in [0.2, 0.25) is 0 Å². The van der Waals surface area contributed by atoms with Gasteiger partial charge in [-0.1, -0.05) is 0 Å². The number of nitrogens with zero attached hydrogens (tertiary/aromatic N) is 1. The molecule has 0 radical (unpaired) electrons. The van der Waals surface area contributed by atoms with Crippen molar-refractivity contribution in [2.75, 3.05) is 11.3 Å². The second kappa shape index (κ2) is 8.19. The lowest BCUT2D eigenvalue weighted by Gasteiger charge is -2.10. The van der Waals surface area contributed by atoms with Gasteiger partial charge >= 0.3 is 5.76 Å². The minimum atomic E-state index is -3.87. The number of aromatic nitrogens is 1. The number of nitrogens with one attached hydrogen (secondary N) is 1. The minimum Gasteiger partial charge on any atom is -0.494 e. The highest BCUT2D eigenvalue weighted by Crippen LogP contribution is 2.26. The van der Waals surface area contributed by atoms with Crippen LogP contribution in [0.5, 0.6) is 17.2 Å². The van der Waals surface area contributed by atoms with Crippen molar-refractivity contribution in [1.29, 1.82) is 0 Å². The second-order valence-electron chi connectivity index (χ2n) is 6.69. The molecule has 0 aliphatic rings. The van der Waals surface area contributed by atoms with Crippen molar-refractivity contribution in [3.63, 3.8) is 0 Å². The van der Waals surface area contributed by atoms with Crippen LogP contribution >= 0.6 is 0 Å². The first-order chi connectivity index (χ1) is 14.9. The fourth-order valence-electron chi connectivity index (χ4n) is 2.99. The number of oxazole rings is 1. The van der Waals surface area contributed by atoms with Gasteiger partial charge < -0.3 is 13.9 Å². The van der Waals surface area contributed by atoms with E-state index in [-0.39, 0.29) is 10.5 Å². The molecule has 1 N–H and O–H groups in total. The second-order valence-corrected chi connectivity index (χ2v) is 8.38. The Morgan fingerprint density at radius 1 is 0.935 bits per heavy atom. The zero-order valence-corrected chi connectivity index (χ0v) is 17.7. The summed E-state index contributed by atoms with van der Waals surface area (Å²) in [5.74, 6) is 1.39. The van der Waals surface area contributed by atoms with Crippen molar-refractivity contribution < 1.29 is 22.3 Å². The number of hydrogen-bond donors (Lipinski definition) is 1. The minimum absolute atomic E-state index is 0.0101. The first kappa shape index (κ1) is 20.5. The van der Waals surface area contributed by atoms with Gasteiger partial charge in [-0.25, -0.2) is 13.2 Å². The van der Waals surface area contributed by atoms with Crippen LogP contribution in [0.25, 0.3) is 11.1 Å². The van der Waals surface area contributed by atoms with Crippen LogP contribution in [0.15, 0.2) is 80.8 Å². The summed E-state index contributed by atoms with van der Waals surface area (Å²) in [5.41, 5.74) is 1.09. The molecule has 0 saturated carbocycles. The quantitative estimate of drug-likeness (QED) is 0.464. The van der Waals surface area contributed by atoms with Crippen LogP contribution in [-0.4, -0.2) is 19.6 Å². The van der Waals surface area contributed by atoms with Crippen LogP contribution < -0.4 is 20.0 Å². The summed E-state index contributed by atoms with van der Waals surface area (Å²) >= 11 is 0. The number of hydrogen-bond acceptors (Lipinski definition) is 6. The predicted molar refractivity (Wildman–Crippen MR) is 116 cm³/mol. The summed E-state index contributed by atoms with van der Waals surface area (Å²) in [4.78, 5) is 11.6. The van der Waals surface area contributed by atoms with Crippen molar-refractivity contribution >= 4 is 26.8 Å². The third kappa shape index (κ3) is 4.41. The molecule has 0 aliphatic carbocycles. The standard InChI is InChI=1S/C22H20N2O6S/c1-3-28-16-8-10-18(11-9-16)29-17-6-4-15(5-7-17)23-31(26,27)19-12-13-20-21(14-19)30-22(25)24(20)2/h4-14,23H,3H2,1-2H3. The van der Waals surface area contributed by atoms with E-state index in [1.54, 1.807) is 43.4 Å². The number of rotatable bonds is 7. The molecule has 4 rings (SSSR count). The van der Waals surface area contributed by atoms with Gasteiger partial charge in [0.05, 0.1) is 17.0 Å². The van der Waals surface area contributed by atoms with Crippen molar-refractivity contribution in [2.24, 2.45) is 7.05 Å². The van der Waals surface area contributed by atoms with Crippen molar-refractivity contribution in [1.82, 2.24) is 4.57 Å². The van der Waals surface area contributed by atoms with Crippen molar-refractivity contribution in [3.8, 4) is 17.2 Å². The molecule has 0 atom stereocenters. The van der Waals surface area contributed by atoms with E-state index in [9.17, 15) is 13.2 Å². The van der Waals surface area contributed by atoms with Gasteiger partial charge in [0, 0.05) is 18.8 Å². The normalized spacial score (nSPS) is 11.4. The average Bonchev–Trinajstić information content (AvgIpc) is 3.04. The highest BCUT2D eigenvalue weighted by Gasteiger charge is 2.17. The van der Waals surface area contributed by atoms with Gasteiger partial charge in [-0.15, -0.1) is 0 Å². The van der Waals surface area contributed by atoms with Crippen LogP contribution in [0.3, 0.4) is 0 Å². The Kier molecular flexibility index (Phi) is 5.43.